The minimum Gasteiger partial charge on any atom is -0.497 e. The van der Waals surface area contributed by atoms with Crippen LogP contribution in [0.3, 0.4) is 0 Å². The van der Waals surface area contributed by atoms with Gasteiger partial charge in [-0.2, -0.15) is 0 Å². The second-order valence-electron chi connectivity index (χ2n) is 7.35. The molecule has 0 spiro atoms. The molecule has 6 nitrogen and oxygen atoms in total. The lowest BCUT2D eigenvalue weighted by molar-refractivity contribution is -0.120. The number of amides is 2. The van der Waals surface area contributed by atoms with E-state index in [0.717, 1.165) is 24.4 Å². The molecule has 1 unspecified atom stereocenters. The third-order valence-electron chi connectivity index (χ3n) is 5.35. The Hall–Kier alpha value is -2.38. The van der Waals surface area contributed by atoms with E-state index in [0.29, 0.717) is 16.6 Å². The van der Waals surface area contributed by atoms with Gasteiger partial charge in [-0.1, -0.05) is 30.7 Å². The van der Waals surface area contributed by atoms with Crippen LogP contribution in [0.1, 0.15) is 41.2 Å². The second kappa shape index (κ2) is 11.1. The third kappa shape index (κ3) is 6.06. The van der Waals surface area contributed by atoms with Crippen molar-refractivity contribution in [3.63, 3.8) is 0 Å². The van der Waals surface area contributed by atoms with Crippen molar-refractivity contribution in [2.75, 3.05) is 33.3 Å². The van der Waals surface area contributed by atoms with Gasteiger partial charge in [0.2, 0.25) is 5.91 Å². The van der Waals surface area contributed by atoms with E-state index in [1.165, 1.54) is 19.3 Å². The van der Waals surface area contributed by atoms with Crippen LogP contribution in [-0.4, -0.2) is 50.0 Å². The van der Waals surface area contributed by atoms with Gasteiger partial charge in [0, 0.05) is 11.0 Å². The van der Waals surface area contributed by atoms with Crippen molar-refractivity contribution >= 4 is 27.7 Å². The molecule has 1 heterocycles. The summed E-state index contributed by atoms with van der Waals surface area (Å²) >= 11 is 3.36. The predicted octanol–water partition coefficient (Wildman–Crippen LogP) is 3.53. The van der Waals surface area contributed by atoms with Crippen LogP contribution in [0.4, 0.5) is 0 Å². The topological polar surface area (TPSA) is 70.7 Å². The van der Waals surface area contributed by atoms with E-state index in [9.17, 15) is 9.59 Å². The third-order valence-corrected chi connectivity index (χ3v) is 6.04. The summed E-state index contributed by atoms with van der Waals surface area (Å²) in [6, 6.07) is 15.3. The first-order valence-corrected chi connectivity index (χ1v) is 11.0. The highest BCUT2D eigenvalue weighted by atomic mass is 79.9. The SMILES string of the molecule is COc1ccc(C(CNC(=O)CNC(=O)c2ccccc2Br)N2CCCCC2)cc1. The summed E-state index contributed by atoms with van der Waals surface area (Å²) in [6.07, 6.45) is 3.59. The lowest BCUT2D eigenvalue weighted by Gasteiger charge is -2.35. The summed E-state index contributed by atoms with van der Waals surface area (Å²) in [5, 5.41) is 5.68. The number of hydrogen-bond acceptors (Lipinski definition) is 4. The first-order chi connectivity index (χ1) is 14.6. The van der Waals surface area contributed by atoms with Crippen LogP contribution < -0.4 is 15.4 Å². The Morgan fingerprint density at radius 1 is 1.03 bits per heavy atom. The van der Waals surface area contributed by atoms with Crippen LogP contribution in [0.2, 0.25) is 0 Å². The van der Waals surface area contributed by atoms with Crippen molar-refractivity contribution in [3.05, 3.63) is 64.1 Å². The molecule has 2 aromatic rings. The van der Waals surface area contributed by atoms with Crippen LogP contribution in [0, 0.1) is 0 Å². The molecule has 1 aliphatic heterocycles. The number of halogens is 1. The number of hydrogen-bond donors (Lipinski definition) is 2. The van der Waals surface area contributed by atoms with Gasteiger partial charge in [0.25, 0.3) is 5.91 Å². The molecule has 2 aromatic carbocycles. The van der Waals surface area contributed by atoms with Crippen LogP contribution in [0.5, 0.6) is 5.75 Å². The molecule has 0 aliphatic carbocycles. The predicted molar refractivity (Wildman–Crippen MR) is 121 cm³/mol. The molecule has 160 valence electrons. The minimum atomic E-state index is -0.277. The first kappa shape index (κ1) is 22.3. The van der Waals surface area contributed by atoms with Gasteiger partial charge in [0.1, 0.15) is 5.75 Å². The van der Waals surface area contributed by atoms with Gasteiger partial charge in [-0.15, -0.1) is 0 Å². The molecule has 2 N–H and O–H groups in total. The Balaban J connectivity index is 1.58. The van der Waals surface area contributed by atoms with E-state index in [1.807, 2.05) is 18.2 Å². The zero-order valence-electron chi connectivity index (χ0n) is 17.2. The molecule has 1 fully saturated rings. The van der Waals surface area contributed by atoms with Crippen molar-refractivity contribution in [3.8, 4) is 5.75 Å². The van der Waals surface area contributed by atoms with Gasteiger partial charge in [0.05, 0.1) is 25.3 Å². The van der Waals surface area contributed by atoms with Crippen LogP contribution in [-0.2, 0) is 4.79 Å². The number of piperidine rings is 1. The summed E-state index contributed by atoms with van der Waals surface area (Å²) in [5.41, 5.74) is 1.66. The molecule has 3 rings (SSSR count). The van der Waals surface area contributed by atoms with Crippen molar-refractivity contribution in [1.29, 1.82) is 0 Å². The Kier molecular flexibility index (Phi) is 8.28. The van der Waals surface area contributed by atoms with Crippen molar-refractivity contribution in [1.82, 2.24) is 15.5 Å². The Labute approximate surface area is 186 Å². The molecule has 0 bridgehead atoms. The molecule has 1 aliphatic rings. The molecule has 0 saturated carbocycles. The summed E-state index contributed by atoms with van der Waals surface area (Å²) in [4.78, 5) is 27.1. The number of methoxy groups -OCH3 is 1. The van der Waals surface area contributed by atoms with Gasteiger partial charge >= 0.3 is 0 Å². The van der Waals surface area contributed by atoms with Gasteiger partial charge in [-0.3, -0.25) is 14.5 Å². The highest BCUT2D eigenvalue weighted by molar-refractivity contribution is 9.10. The zero-order chi connectivity index (χ0) is 21.3. The molecular weight excluding hydrogens is 446 g/mol. The van der Waals surface area contributed by atoms with E-state index in [-0.39, 0.29) is 24.4 Å². The molecule has 0 aromatic heterocycles. The molecule has 1 atom stereocenters. The number of benzene rings is 2. The molecule has 1 saturated heterocycles. The Morgan fingerprint density at radius 2 is 1.73 bits per heavy atom. The van der Waals surface area contributed by atoms with Gasteiger partial charge in [-0.05, 0) is 71.7 Å². The maximum atomic E-state index is 12.4. The van der Waals surface area contributed by atoms with Crippen LogP contribution in [0.15, 0.2) is 53.0 Å². The Morgan fingerprint density at radius 3 is 2.40 bits per heavy atom. The maximum absolute atomic E-state index is 12.4. The smallest absolute Gasteiger partial charge is 0.252 e. The number of rotatable bonds is 8. The van der Waals surface area contributed by atoms with Crippen LogP contribution in [0.25, 0.3) is 0 Å². The van der Waals surface area contributed by atoms with E-state index in [2.05, 4.69) is 43.6 Å². The number of likely N-dealkylation sites (tertiary alicyclic amines) is 1. The largest absolute Gasteiger partial charge is 0.497 e. The van der Waals surface area contributed by atoms with Crippen molar-refractivity contribution < 1.29 is 14.3 Å². The van der Waals surface area contributed by atoms with Gasteiger partial charge in [-0.25, -0.2) is 0 Å². The zero-order valence-corrected chi connectivity index (χ0v) is 18.8. The molecule has 30 heavy (non-hydrogen) atoms. The number of carbonyl (C=O) groups is 2. The molecule has 7 heteroatoms. The lowest BCUT2D eigenvalue weighted by atomic mass is 10.0. The highest BCUT2D eigenvalue weighted by Crippen LogP contribution is 2.25. The van der Waals surface area contributed by atoms with E-state index in [4.69, 9.17) is 4.74 Å². The average Bonchev–Trinajstić information content (AvgIpc) is 2.79. The summed E-state index contributed by atoms with van der Waals surface area (Å²) in [5.74, 6) is 0.334. The average molecular weight is 474 g/mol. The minimum absolute atomic E-state index is 0.0600. The molecule has 0 radical (unpaired) electrons. The fourth-order valence-electron chi connectivity index (χ4n) is 3.69. The number of carbonyl (C=O) groups excluding carboxylic acids is 2. The van der Waals surface area contributed by atoms with Crippen molar-refractivity contribution in [2.24, 2.45) is 0 Å². The summed E-state index contributed by atoms with van der Waals surface area (Å²) in [7, 11) is 1.65. The monoisotopic (exact) mass is 473 g/mol. The normalized spacial score (nSPS) is 15.3. The highest BCUT2D eigenvalue weighted by Gasteiger charge is 2.23. The van der Waals surface area contributed by atoms with E-state index >= 15 is 0 Å². The van der Waals surface area contributed by atoms with Gasteiger partial charge in [0.15, 0.2) is 0 Å². The maximum Gasteiger partial charge on any atom is 0.252 e. The Bertz CT molecular complexity index is 851. The fourth-order valence-corrected chi connectivity index (χ4v) is 4.15. The number of nitrogens with zero attached hydrogens (tertiary/aromatic N) is 1. The quantitative estimate of drug-likeness (QED) is 0.614. The van der Waals surface area contributed by atoms with Crippen molar-refractivity contribution in [2.45, 2.75) is 25.3 Å². The standard InChI is InChI=1S/C23H28BrN3O3/c1-30-18-11-9-17(10-12-18)21(27-13-5-2-6-14-27)15-25-22(28)16-26-23(29)19-7-3-4-8-20(19)24/h3-4,7-12,21H,2,5-6,13-16H2,1H3,(H,25,28)(H,26,29). The summed E-state index contributed by atoms with van der Waals surface area (Å²) in [6.45, 7) is 2.47. The van der Waals surface area contributed by atoms with E-state index < -0.39 is 0 Å². The fraction of sp³-hybridized carbons (Fsp3) is 0.391. The van der Waals surface area contributed by atoms with Gasteiger partial charge < -0.3 is 15.4 Å². The molecule has 2 amide bonds. The number of ether oxygens (including phenoxy) is 1. The lowest BCUT2D eigenvalue weighted by Crippen LogP contribution is -2.43. The summed E-state index contributed by atoms with van der Waals surface area (Å²) < 4.78 is 5.97. The number of nitrogens with one attached hydrogen (secondary N) is 2. The molecular formula is C23H28BrN3O3. The van der Waals surface area contributed by atoms with Crippen LogP contribution >= 0.6 is 15.9 Å². The first-order valence-electron chi connectivity index (χ1n) is 10.3. The second-order valence-corrected chi connectivity index (χ2v) is 8.21. The van der Waals surface area contributed by atoms with E-state index in [1.54, 1.807) is 25.3 Å².